The summed E-state index contributed by atoms with van der Waals surface area (Å²) in [6, 6.07) is 0.385. The molecule has 2 aliphatic carbocycles. The first-order valence-corrected chi connectivity index (χ1v) is 8.96. The number of hydrogen-bond donors (Lipinski definition) is 1. The third-order valence-electron chi connectivity index (χ3n) is 5.75. The average molecular weight is 318 g/mol. The maximum absolute atomic E-state index is 12.5. The third-order valence-corrected chi connectivity index (χ3v) is 5.75. The summed E-state index contributed by atoms with van der Waals surface area (Å²) in [6.07, 6.45) is 7.45. The van der Waals surface area contributed by atoms with Gasteiger partial charge < -0.3 is 14.7 Å². The molecular formula is C17H26N4O2. The topological polar surface area (TPSA) is 71.3 Å². The molecule has 23 heavy (non-hydrogen) atoms. The van der Waals surface area contributed by atoms with Crippen LogP contribution in [0.3, 0.4) is 0 Å². The quantitative estimate of drug-likeness (QED) is 0.926. The Kier molecular flexibility index (Phi) is 3.58. The fourth-order valence-electron chi connectivity index (χ4n) is 4.64. The second-order valence-electron chi connectivity index (χ2n) is 7.87. The highest BCUT2D eigenvalue weighted by Gasteiger charge is 2.56. The molecule has 0 radical (unpaired) electrons. The summed E-state index contributed by atoms with van der Waals surface area (Å²) in [4.78, 5) is 18.9. The maximum atomic E-state index is 12.5. The van der Waals surface area contributed by atoms with Crippen LogP contribution in [0.25, 0.3) is 0 Å². The Hall–Kier alpha value is -1.59. The first-order chi connectivity index (χ1) is 11.1. The van der Waals surface area contributed by atoms with E-state index in [1.54, 1.807) is 0 Å². The van der Waals surface area contributed by atoms with Crippen LogP contribution < -0.4 is 5.32 Å². The molecule has 6 nitrogen and oxygen atoms in total. The summed E-state index contributed by atoms with van der Waals surface area (Å²) >= 11 is 0. The SMILES string of the molecule is CC(C)C1N(C(=O)NCc2noc(C3CC3)n2)CC12CCCC2. The molecule has 1 aromatic rings. The summed E-state index contributed by atoms with van der Waals surface area (Å²) in [5, 5.41) is 6.93. The van der Waals surface area contributed by atoms with Gasteiger partial charge in [0.25, 0.3) is 0 Å². The van der Waals surface area contributed by atoms with Crippen molar-refractivity contribution >= 4 is 6.03 Å². The van der Waals surface area contributed by atoms with E-state index >= 15 is 0 Å². The van der Waals surface area contributed by atoms with Gasteiger partial charge in [0.1, 0.15) is 0 Å². The molecule has 1 atom stereocenters. The largest absolute Gasteiger partial charge is 0.339 e. The van der Waals surface area contributed by atoms with Crippen molar-refractivity contribution in [2.45, 2.75) is 70.9 Å². The molecule has 1 unspecified atom stereocenters. The minimum Gasteiger partial charge on any atom is -0.339 e. The number of likely N-dealkylation sites (tertiary alicyclic amines) is 1. The van der Waals surface area contributed by atoms with Gasteiger partial charge in [0.05, 0.1) is 6.54 Å². The zero-order chi connectivity index (χ0) is 16.0. The fraction of sp³-hybridized carbons (Fsp3) is 0.824. The molecule has 3 aliphatic rings. The van der Waals surface area contributed by atoms with Crippen molar-refractivity contribution in [3.05, 3.63) is 11.7 Å². The van der Waals surface area contributed by atoms with E-state index in [-0.39, 0.29) is 6.03 Å². The van der Waals surface area contributed by atoms with Crippen LogP contribution in [-0.2, 0) is 6.54 Å². The molecule has 1 saturated heterocycles. The molecule has 0 bridgehead atoms. The number of rotatable bonds is 4. The molecule has 2 amide bonds. The van der Waals surface area contributed by atoms with Crippen LogP contribution in [0.4, 0.5) is 4.79 Å². The lowest BCUT2D eigenvalue weighted by molar-refractivity contribution is -0.0616. The van der Waals surface area contributed by atoms with Crippen molar-refractivity contribution in [1.29, 1.82) is 0 Å². The normalized spacial score (nSPS) is 25.9. The van der Waals surface area contributed by atoms with Crippen LogP contribution in [0.1, 0.15) is 70.0 Å². The Bertz CT molecular complexity index is 587. The Morgan fingerprint density at radius 2 is 2.13 bits per heavy atom. The second kappa shape index (κ2) is 5.49. The molecule has 126 valence electrons. The standard InChI is InChI=1S/C17H26N4O2/c1-11(2)14-17(7-3-4-8-17)10-21(14)16(22)18-9-13-19-15(23-20-13)12-5-6-12/h11-12,14H,3-10H2,1-2H3,(H,18,22). The summed E-state index contributed by atoms with van der Waals surface area (Å²) < 4.78 is 5.23. The molecule has 6 heteroatoms. The number of amides is 2. The zero-order valence-corrected chi connectivity index (χ0v) is 14.0. The minimum absolute atomic E-state index is 0.0130. The lowest BCUT2D eigenvalue weighted by Gasteiger charge is -2.58. The first-order valence-electron chi connectivity index (χ1n) is 8.96. The van der Waals surface area contributed by atoms with Gasteiger partial charge >= 0.3 is 6.03 Å². The van der Waals surface area contributed by atoms with Crippen LogP contribution in [0.5, 0.6) is 0 Å². The van der Waals surface area contributed by atoms with Gasteiger partial charge in [0.2, 0.25) is 5.89 Å². The molecular weight excluding hydrogens is 292 g/mol. The molecule has 1 N–H and O–H groups in total. The Morgan fingerprint density at radius 1 is 1.39 bits per heavy atom. The lowest BCUT2D eigenvalue weighted by atomic mass is 9.66. The van der Waals surface area contributed by atoms with Crippen LogP contribution in [0.15, 0.2) is 4.52 Å². The van der Waals surface area contributed by atoms with E-state index in [2.05, 4.69) is 29.3 Å². The first kappa shape index (κ1) is 15.0. The van der Waals surface area contributed by atoms with E-state index in [1.807, 2.05) is 4.90 Å². The highest BCUT2D eigenvalue weighted by Crippen LogP contribution is 2.52. The van der Waals surface area contributed by atoms with Gasteiger partial charge in [-0.05, 0) is 31.6 Å². The van der Waals surface area contributed by atoms with E-state index in [0.717, 1.165) is 25.3 Å². The van der Waals surface area contributed by atoms with Gasteiger partial charge in [-0.15, -0.1) is 0 Å². The summed E-state index contributed by atoms with van der Waals surface area (Å²) in [6.45, 7) is 5.71. The Balaban J connectivity index is 1.35. The van der Waals surface area contributed by atoms with Crippen molar-refractivity contribution in [2.24, 2.45) is 11.3 Å². The van der Waals surface area contributed by atoms with Crippen molar-refractivity contribution in [2.75, 3.05) is 6.54 Å². The molecule has 0 aromatic carbocycles. The third kappa shape index (κ3) is 2.62. The summed E-state index contributed by atoms with van der Waals surface area (Å²) in [5.41, 5.74) is 0.386. The van der Waals surface area contributed by atoms with E-state index in [0.29, 0.717) is 35.7 Å². The average Bonchev–Trinajstić information content (AvgIpc) is 3.03. The van der Waals surface area contributed by atoms with Gasteiger partial charge in [-0.25, -0.2) is 4.79 Å². The predicted octanol–water partition coefficient (Wildman–Crippen LogP) is 3.06. The monoisotopic (exact) mass is 318 g/mol. The Morgan fingerprint density at radius 3 is 2.78 bits per heavy atom. The van der Waals surface area contributed by atoms with Gasteiger partial charge in [0.15, 0.2) is 5.82 Å². The maximum Gasteiger partial charge on any atom is 0.318 e. The van der Waals surface area contributed by atoms with Gasteiger partial charge in [-0.1, -0.05) is 31.8 Å². The highest BCUT2D eigenvalue weighted by molar-refractivity contribution is 5.76. The number of hydrogen-bond acceptors (Lipinski definition) is 4. The summed E-state index contributed by atoms with van der Waals surface area (Å²) in [7, 11) is 0. The van der Waals surface area contributed by atoms with Crippen molar-refractivity contribution in [3.8, 4) is 0 Å². The van der Waals surface area contributed by atoms with E-state index in [9.17, 15) is 4.79 Å². The molecule has 2 heterocycles. The van der Waals surface area contributed by atoms with E-state index in [1.165, 1.54) is 25.7 Å². The number of nitrogens with one attached hydrogen (secondary N) is 1. The van der Waals surface area contributed by atoms with Gasteiger partial charge in [-0.2, -0.15) is 4.98 Å². The second-order valence-corrected chi connectivity index (χ2v) is 7.87. The number of urea groups is 1. The lowest BCUT2D eigenvalue weighted by Crippen LogP contribution is -2.68. The molecule has 1 spiro atoms. The highest BCUT2D eigenvalue weighted by atomic mass is 16.5. The van der Waals surface area contributed by atoms with Crippen molar-refractivity contribution in [1.82, 2.24) is 20.4 Å². The fourth-order valence-corrected chi connectivity index (χ4v) is 4.64. The van der Waals surface area contributed by atoms with Crippen molar-refractivity contribution in [3.63, 3.8) is 0 Å². The number of carbonyl (C=O) groups excluding carboxylic acids is 1. The molecule has 4 rings (SSSR count). The molecule has 3 fully saturated rings. The minimum atomic E-state index is 0.0130. The van der Waals surface area contributed by atoms with Crippen LogP contribution in [0.2, 0.25) is 0 Å². The summed E-state index contributed by atoms with van der Waals surface area (Å²) in [5.74, 6) is 2.26. The van der Waals surface area contributed by atoms with Crippen LogP contribution >= 0.6 is 0 Å². The van der Waals surface area contributed by atoms with Gasteiger partial charge in [-0.3, -0.25) is 0 Å². The van der Waals surface area contributed by atoms with Crippen LogP contribution in [0, 0.1) is 11.3 Å². The smallest absolute Gasteiger partial charge is 0.318 e. The zero-order valence-electron chi connectivity index (χ0n) is 14.0. The number of carbonyl (C=O) groups is 1. The van der Waals surface area contributed by atoms with Crippen molar-refractivity contribution < 1.29 is 9.32 Å². The number of aromatic nitrogens is 2. The molecule has 2 saturated carbocycles. The molecule has 1 aliphatic heterocycles. The Labute approximate surface area is 137 Å². The molecule has 1 aromatic heterocycles. The van der Waals surface area contributed by atoms with Gasteiger partial charge in [0, 0.05) is 23.9 Å². The van der Waals surface area contributed by atoms with E-state index in [4.69, 9.17) is 4.52 Å². The van der Waals surface area contributed by atoms with Crippen LogP contribution in [-0.4, -0.2) is 33.7 Å². The predicted molar refractivity (Wildman–Crippen MR) is 84.7 cm³/mol. The number of nitrogens with zero attached hydrogens (tertiary/aromatic N) is 3. The van der Waals surface area contributed by atoms with E-state index < -0.39 is 0 Å².